The Kier molecular flexibility index (Phi) is 2.25. The van der Waals surface area contributed by atoms with Crippen LogP contribution in [0.1, 0.15) is 27.4 Å². The van der Waals surface area contributed by atoms with Crippen LogP contribution < -0.4 is 4.73 Å². The Morgan fingerprint density at radius 2 is 2.00 bits per heavy atom. The van der Waals surface area contributed by atoms with Gasteiger partial charge in [0.1, 0.15) is 6.61 Å². The zero-order valence-corrected chi connectivity index (χ0v) is 11.6. The lowest BCUT2D eigenvalue weighted by Gasteiger charge is -2.12. The predicted octanol–water partition coefficient (Wildman–Crippen LogP) is 2.31. The topological polar surface area (TPSA) is 66.1 Å². The Balaban J connectivity index is 2.39. The summed E-state index contributed by atoms with van der Waals surface area (Å²) in [5, 5.41) is 14.7. The molecule has 1 aliphatic rings. The fraction of sp³-hybridized carbons (Fsp3) is 0.188. The molecule has 0 saturated carbocycles. The van der Waals surface area contributed by atoms with Crippen molar-refractivity contribution in [2.75, 3.05) is 0 Å². The first-order chi connectivity index (χ1) is 10.1. The van der Waals surface area contributed by atoms with Crippen molar-refractivity contribution in [1.29, 1.82) is 0 Å². The number of rotatable bonds is 0. The Morgan fingerprint density at radius 3 is 2.81 bits per heavy atom. The quantitative estimate of drug-likeness (QED) is 0.274. The minimum atomic E-state index is -0.365. The number of carbonyl (C=O) groups excluding carboxylic acids is 1. The highest BCUT2D eigenvalue weighted by molar-refractivity contribution is 6.17. The van der Waals surface area contributed by atoms with Gasteiger partial charge in [0.2, 0.25) is 5.52 Å². The zero-order valence-electron chi connectivity index (χ0n) is 11.6. The second-order valence-corrected chi connectivity index (χ2v) is 5.24. The van der Waals surface area contributed by atoms with Crippen molar-refractivity contribution >= 4 is 27.6 Å². The zero-order chi connectivity index (χ0) is 14.7. The largest absolute Gasteiger partial charge is 0.618 e. The van der Waals surface area contributed by atoms with Gasteiger partial charge in [-0.3, -0.25) is 4.98 Å². The van der Waals surface area contributed by atoms with E-state index in [9.17, 15) is 10.0 Å². The van der Waals surface area contributed by atoms with Crippen molar-refractivity contribution < 1.29 is 14.3 Å². The van der Waals surface area contributed by atoms with Gasteiger partial charge in [0.25, 0.3) is 0 Å². The van der Waals surface area contributed by atoms with Gasteiger partial charge in [-0.1, -0.05) is 12.1 Å². The lowest BCUT2D eigenvalue weighted by Crippen LogP contribution is -2.31. The maximum absolute atomic E-state index is 12.4. The highest BCUT2D eigenvalue weighted by atomic mass is 16.5. The molecule has 0 unspecified atom stereocenters. The van der Waals surface area contributed by atoms with Crippen LogP contribution in [0.25, 0.3) is 21.7 Å². The highest BCUT2D eigenvalue weighted by Crippen LogP contribution is 2.34. The molecule has 0 spiro atoms. The van der Waals surface area contributed by atoms with Gasteiger partial charge < -0.3 is 9.94 Å². The summed E-state index contributed by atoms with van der Waals surface area (Å²) < 4.78 is 6.02. The third-order valence-corrected chi connectivity index (χ3v) is 4.06. The molecule has 104 valence electrons. The molecule has 5 heteroatoms. The molecule has 0 saturated heterocycles. The number of hydrogen-bond acceptors (Lipinski definition) is 4. The van der Waals surface area contributed by atoms with Crippen LogP contribution in [-0.4, -0.2) is 11.0 Å². The summed E-state index contributed by atoms with van der Waals surface area (Å²) in [5.41, 5.74) is 3.00. The average Bonchev–Trinajstić information content (AvgIpc) is 2.85. The molecule has 5 nitrogen and oxygen atoms in total. The monoisotopic (exact) mass is 280 g/mol. The Morgan fingerprint density at radius 1 is 1.24 bits per heavy atom. The lowest BCUT2D eigenvalue weighted by atomic mass is 9.98. The summed E-state index contributed by atoms with van der Waals surface area (Å²) >= 11 is 0. The number of para-hydroxylation sites is 1. The van der Waals surface area contributed by atoms with Gasteiger partial charge in [-0.05, 0) is 13.0 Å². The number of benzene rings is 1. The third-order valence-electron chi connectivity index (χ3n) is 4.06. The van der Waals surface area contributed by atoms with Crippen molar-refractivity contribution in [2.45, 2.75) is 20.5 Å². The number of esters is 1. The fourth-order valence-corrected chi connectivity index (χ4v) is 3.15. The van der Waals surface area contributed by atoms with E-state index < -0.39 is 0 Å². The first-order valence-corrected chi connectivity index (χ1v) is 6.70. The third kappa shape index (κ3) is 1.43. The fourth-order valence-electron chi connectivity index (χ4n) is 3.15. The average molecular weight is 280 g/mol. The van der Waals surface area contributed by atoms with Gasteiger partial charge in [-0.15, -0.1) is 0 Å². The van der Waals surface area contributed by atoms with Gasteiger partial charge in [-0.2, -0.15) is 4.73 Å². The van der Waals surface area contributed by atoms with E-state index in [0.717, 1.165) is 26.6 Å². The molecule has 1 aliphatic heterocycles. The molecule has 4 rings (SSSR count). The molecule has 0 bridgehead atoms. The molecule has 0 radical (unpaired) electrons. The van der Waals surface area contributed by atoms with Crippen LogP contribution >= 0.6 is 0 Å². The van der Waals surface area contributed by atoms with E-state index in [4.69, 9.17) is 4.74 Å². The SMILES string of the molecule is Cc1nc2c(c3c1c(C)[n+]([O-])c1ccccc31)C(=O)OC2. The lowest BCUT2D eigenvalue weighted by molar-refractivity contribution is -0.582. The molecule has 3 heterocycles. The Hall–Kier alpha value is -2.69. The Bertz CT molecular complexity index is 948. The highest BCUT2D eigenvalue weighted by Gasteiger charge is 2.30. The maximum atomic E-state index is 12.4. The summed E-state index contributed by atoms with van der Waals surface area (Å²) in [6.45, 7) is 3.81. The van der Waals surface area contributed by atoms with Crippen molar-refractivity contribution in [3.8, 4) is 0 Å². The van der Waals surface area contributed by atoms with E-state index in [1.807, 2.05) is 25.1 Å². The van der Waals surface area contributed by atoms with E-state index in [1.165, 1.54) is 0 Å². The number of aryl methyl sites for hydroxylation is 2. The van der Waals surface area contributed by atoms with Gasteiger partial charge in [-0.25, -0.2) is 4.79 Å². The van der Waals surface area contributed by atoms with E-state index in [-0.39, 0.29) is 12.6 Å². The molecular formula is C16H12N2O3. The van der Waals surface area contributed by atoms with Crippen molar-refractivity contribution in [2.24, 2.45) is 0 Å². The number of aromatic nitrogens is 2. The first kappa shape index (κ1) is 12.1. The predicted molar refractivity (Wildman–Crippen MR) is 76.8 cm³/mol. The molecule has 0 atom stereocenters. The number of ether oxygens (including phenoxy) is 1. The van der Waals surface area contributed by atoms with Crippen LogP contribution in [0.3, 0.4) is 0 Å². The summed E-state index contributed by atoms with van der Waals surface area (Å²) in [4.78, 5) is 16.5. The number of pyridine rings is 2. The minimum absolute atomic E-state index is 0.199. The summed E-state index contributed by atoms with van der Waals surface area (Å²) in [7, 11) is 0. The second-order valence-electron chi connectivity index (χ2n) is 5.24. The summed E-state index contributed by atoms with van der Waals surface area (Å²) in [6, 6.07) is 7.29. The van der Waals surface area contributed by atoms with Crippen molar-refractivity contribution in [3.05, 3.63) is 52.1 Å². The van der Waals surface area contributed by atoms with Crippen LogP contribution in [0.4, 0.5) is 0 Å². The molecule has 0 fully saturated rings. The maximum Gasteiger partial charge on any atom is 0.341 e. The van der Waals surface area contributed by atoms with E-state index >= 15 is 0 Å². The van der Waals surface area contributed by atoms with Crippen LogP contribution in [0.15, 0.2) is 24.3 Å². The van der Waals surface area contributed by atoms with Gasteiger partial charge >= 0.3 is 5.97 Å². The number of hydrogen-bond donors (Lipinski definition) is 0. The molecular weight excluding hydrogens is 268 g/mol. The van der Waals surface area contributed by atoms with Crippen LogP contribution in [0.2, 0.25) is 0 Å². The Labute approximate surface area is 120 Å². The molecule has 2 aromatic heterocycles. The number of carbonyl (C=O) groups is 1. The van der Waals surface area contributed by atoms with Crippen LogP contribution in [0, 0.1) is 19.1 Å². The van der Waals surface area contributed by atoms with Crippen molar-refractivity contribution in [3.63, 3.8) is 0 Å². The molecule has 0 aliphatic carbocycles. The van der Waals surface area contributed by atoms with E-state index in [2.05, 4.69) is 4.98 Å². The molecule has 3 aromatic rings. The van der Waals surface area contributed by atoms with E-state index in [0.29, 0.717) is 22.5 Å². The van der Waals surface area contributed by atoms with Crippen LogP contribution in [-0.2, 0) is 11.3 Å². The van der Waals surface area contributed by atoms with Crippen LogP contribution in [0.5, 0.6) is 0 Å². The summed E-state index contributed by atoms with van der Waals surface area (Å²) in [5.74, 6) is -0.365. The van der Waals surface area contributed by atoms with Crippen molar-refractivity contribution in [1.82, 2.24) is 4.98 Å². The minimum Gasteiger partial charge on any atom is -0.618 e. The van der Waals surface area contributed by atoms with Gasteiger partial charge in [0.15, 0.2) is 5.69 Å². The molecule has 0 amide bonds. The smallest absolute Gasteiger partial charge is 0.341 e. The number of cyclic esters (lactones) is 1. The number of fused-ring (bicyclic) bond motifs is 5. The normalized spacial score (nSPS) is 13.7. The van der Waals surface area contributed by atoms with Gasteiger partial charge in [0.05, 0.1) is 27.7 Å². The molecule has 1 aromatic carbocycles. The van der Waals surface area contributed by atoms with E-state index in [1.54, 1.807) is 13.0 Å². The first-order valence-electron chi connectivity index (χ1n) is 6.70. The number of nitrogens with zero attached hydrogens (tertiary/aromatic N) is 2. The standard InChI is InChI=1S/C16H12N2O3/c1-8-13-9(2)18(20)12-6-4-3-5-10(12)14(13)15-11(17-8)7-21-16(15)19/h3-6H,7H2,1-2H3. The van der Waals surface area contributed by atoms with Gasteiger partial charge in [0, 0.05) is 18.4 Å². The summed E-state index contributed by atoms with van der Waals surface area (Å²) in [6.07, 6.45) is 0. The second kappa shape index (κ2) is 3.91. The molecule has 0 N–H and O–H groups in total. The molecule has 21 heavy (non-hydrogen) atoms.